The summed E-state index contributed by atoms with van der Waals surface area (Å²) in [4.78, 5) is 30.4. The Morgan fingerprint density at radius 3 is 2.46 bits per heavy atom. The quantitative estimate of drug-likeness (QED) is 0.658. The Labute approximate surface area is 162 Å². The molecular weight excluding hydrogens is 380 g/mol. The maximum Gasteiger partial charge on any atom is 0.258 e. The Morgan fingerprint density at radius 1 is 1.14 bits per heavy atom. The van der Waals surface area contributed by atoms with Gasteiger partial charge in [0, 0.05) is 19.2 Å². The predicted molar refractivity (Wildman–Crippen MR) is 106 cm³/mol. The first kappa shape index (κ1) is 19.7. The molecule has 0 atom stereocenters. The van der Waals surface area contributed by atoms with E-state index < -0.39 is 10.0 Å². The van der Waals surface area contributed by atoms with Crippen molar-refractivity contribution in [3.05, 3.63) is 64.7 Å². The number of benzene rings is 2. The van der Waals surface area contributed by atoms with E-state index in [4.69, 9.17) is 0 Å². The van der Waals surface area contributed by atoms with Gasteiger partial charge < -0.3 is 10.3 Å². The van der Waals surface area contributed by atoms with Gasteiger partial charge in [0.2, 0.25) is 15.9 Å². The number of carbonyl (C=O) groups is 1. The second-order valence-corrected chi connectivity index (χ2v) is 8.10. The van der Waals surface area contributed by atoms with Crippen molar-refractivity contribution in [2.24, 2.45) is 0 Å². The van der Waals surface area contributed by atoms with Crippen LogP contribution >= 0.6 is 0 Å². The normalized spacial score (nSPS) is 11.7. The summed E-state index contributed by atoms with van der Waals surface area (Å²) in [5, 5.41) is 3.04. The van der Waals surface area contributed by atoms with E-state index in [1.54, 1.807) is 31.2 Å². The first-order chi connectivity index (χ1) is 13.3. The van der Waals surface area contributed by atoms with Crippen molar-refractivity contribution in [1.82, 2.24) is 14.3 Å². The van der Waals surface area contributed by atoms with Crippen LogP contribution in [0.4, 0.5) is 5.69 Å². The van der Waals surface area contributed by atoms with Crippen molar-refractivity contribution in [2.45, 2.75) is 25.3 Å². The molecule has 0 aliphatic carbocycles. The molecule has 0 bridgehead atoms. The number of sulfonamides is 1. The van der Waals surface area contributed by atoms with E-state index in [1.807, 2.05) is 0 Å². The number of hydrogen-bond acceptors (Lipinski definition) is 5. The topological polar surface area (TPSA) is 112 Å². The summed E-state index contributed by atoms with van der Waals surface area (Å²) in [6.07, 6.45) is 0. The van der Waals surface area contributed by atoms with Crippen LogP contribution in [-0.2, 0) is 21.4 Å². The van der Waals surface area contributed by atoms with Crippen LogP contribution in [0.25, 0.3) is 10.9 Å². The maximum atomic E-state index is 13.0. The maximum absolute atomic E-state index is 13.0. The van der Waals surface area contributed by atoms with Crippen molar-refractivity contribution in [3.63, 3.8) is 0 Å². The van der Waals surface area contributed by atoms with E-state index in [-0.39, 0.29) is 35.3 Å². The number of aromatic amines is 1. The fourth-order valence-electron chi connectivity index (χ4n) is 2.81. The van der Waals surface area contributed by atoms with Crippen LogP contribution in [0.15, 0.2) is 58.2 Å². The lowest BCUT2D eigenvalue weighted by Gasteiger charge is -2.20. The molecule has 9 heteroatoms. The van der Waals surface area contributed by atoms with Gasteiger partial charge in [-0.2, -0.15) is 4.31 Å². The molecule has 0 aliphatic heterocycles. The minimum Gasteiger partial charge on any atom is -0.326 e. The fraction of sp³-hybridized carbons (Fsp3) is 0.211. The summed E-state index contributed by atoms with van der Waals surface area (Å²) in [7, 11) is -3.80. The second kappa shape index (κ2) is 7.91. The van der Waals surface area contributed by atoms with Gasteiger partial charge in [-0.3, -0.25) is 9.59 Å². The summed E-state index contributed by atoms with van der Waals surface area (Å²) in [5.41, 5.74) is 0.707. The molecular formula is C19H20N4O4S. The Balaban J connectivity index is 1.90. The molecule has 0 saturated carbocycles. The minimum absolute atomic E-state index is 0.0631. The van der Waals surface area contributed by atoms with Gasteiger partial charge in [-0.15, -0.1) is 0 Å². The van der Waals surface area contributed by atoms with Crippen molar-refractivity contribution >= 4 is 32.5 Å². The monoisotopic (exact) mass is 400 g/mol. The largest absolute Gasteiger partial charge is 0.326 e. The van der Waals surface area contributed by atoms with Crippen LogP contribution in [0.2, 0.25) is 0 Å². The Morgan fingerprint density at radius 2 is 1.82 bits per heavy atom. The molecule has 0 spiro atoms. The van der Waals surface area contributed by atoms with Gasteiger partial charge in [0.25, 0.3) is 5.56 Å². The number of hydrogen-bond donors (Lipinski definition) is 2. The molecule has 0 saturated heterocycles. The third kappa shape index (κ3) is 4.10. The zero-order valence-corrected chi connectivity index (χ0v) is 16.3. The minimum atomic E-state index is -3.80. The smallest absolute Gasteiger partial charge is 0.258 e. The fourth-order valence-corrected chi connectivity index (χ4v) is 4.22. The van der Waals surface area contributed by atoms with Gasteiger partial charge >= 0.3 is 0 Å². The number of rotatable bonds is 6. The molecule has 0 fully saturated rings. The highest BCUT2D eigenvalue weighted by Gasteiger charge is 2.24. The van der Waals surface area contributed by atoms with Crippen molar-refractivity contribution < 1.29 is 13.2 Å². The lowest BCUT2D eigenvalue weighted by Crippen LogP contribution is -2.32. The number of carbonyl (C=O) groups excluding carboxylic acids is 1. The van der Waals surface area contributed by atoms with Gasteiger partial charge in [0.1, 0.15) is 5.82 Å². The first-order valence-corrected chi connectivity index (χ1v) is 10.1. The van der Waals surface area contributed by atoms with Gasteiger partial charge in [-0.05, 0) is 36.4 Å². The van der Waals surface area contributed by atoms with Gasteiger partial charge in [-0.1, -0.05) is 19.1 Å². The number of nitrogens with zero attached hydrogens (tertiary/aromatic N) is 2. The lowest BCUT2D eigenvalue weighted by atomic mass is 10.2. The second-order valence-electron chi connectivity index (χ2n) is 6.17. The molecule has 146 valence electrons. The summed E-state index contributed by atoms with van der Waals surface area (Å²) in [6, 6.07) is 12.8. The van der Waals surface area contributed by atoms with Crippen LogP contribution in [0.1, 0.15) is 19.7 Å². The van der Waals surface area contributed by atoms with E-state index in [2.05, 4.69) is 15.3 Å². The van der Waals surface area contributed by atoms with Gasteiger partial charge in [-0.25, -0.2) is 13.4 Å². The number of H-pyrrole nitrogens is 1. The van der Waals surface area contributed by atoms with E-state index in [1.165, 1.54) is 35.5 Å². The number of para-hydroxylation sites is 1. The summed E-state index contributed by atoms with van der Waals surface area (Å²) < 4.78 is 27.2. The van der Waals surface area contributed by atoms with Gasteiger partial charge in [0.15, 0.2) is 0 Å². The van der Waals surface area contributed by atoms with Crippen LogP contribution in [0.5, 0.6) is 0 Å². The third-order valence-electron chi connectivity index (χ3n) is 4.15. The van der Waals surface area contributed by atoms with E-state index >= 15 is 0 Å². The summed E-state index contributed by atoms with van der Waals surface area (Å²) in [6.45, 7) is 3.22. The van der Waals surface area contributed by atoms with Crippen LogP contribution in [0, 0.1) is 0 Å². The highest BCUT2D eigenvalue weighted by atomic mass is 32.2. The average molecular weight is 400 g/mol. The molecule has 2 N–H and O–H groups in total. The number of nitrogens with one attached hydrogen (secondary N) is 2. The molecule has 3 rings (SSSR count). The molecule has 0 aliphatic rings. The average Bonchev–Trinajstić information content (AvgIpc) is 2.66. The molecule has 8 nitrogen and oxygen atoms in total. The van der Waals surface area contributed by atoms with Crippen LogP contribution in [-0.4, -0.2) is 35.1 Å². The van der Waals surface area contributed by atoms with E-state index in [9.17, 15) is 18.0 Å². The Bertz CT molecular complexity index is 1170. The van der Waals surface area contributed by atoms with Gasteiger partial charge in [0.05, 0.1) is 22.3 Å². The highest BCUT2D eigenvalue weighted by molar-refractivity contribution is 7.89. The lowest BCUT2D eigenvalue weighted by molar-refractivity contribution is -0.114. The van der Waals surface area contributed by atoms with E-state index in [0.29, 0.717) is 16.6 Å². The molecule has 0 unspecified atom stereocenters. The molecule has 28 heavy (non-hydrogen) atoms. The zero-order valence-electron chi connectivity index (χ0n) is 15.5. The zero-order chi connectivity index (χ0) is 20.3. The van der Waals surface area contributed by atoms with Crippen LogP contribution < -0.4 is 10.9 Å². The van der Waals surface area contributed by atoms with Crippen LogP contribution in [0.3, 0.4) is 0 Å². The molecule has 1 aromatic heterocycles. The van der Waals surface area contributed by atoms with Crippen molar-refractivity contribution in [3.8, 4) is 0 Å². The third-order valence-corrected chi connectivity index (χ3v) is 6.09. The molecule has 3 aromatic rings. The number of aromatic nitrogens is 2. The summed E-state index contributed by atoms with van der Waals surface area (Å²) in [5.74, 6) is 0.0288. The summed E-state index contributed by atoms with van der Waals surface area (Å²) >= 11 is 0. The van der Waals surface area contributed by atoms with Crippen molar-refractivity contribution in [2.75, 3.05) is 11.9 Å². The number of amides is 1. The van der Waals surface area contributed by atoms with Crippen molar-refractivity contribution in [1.29, 1.82) is 0 Å². The molecule has 1 amide bonds. The van der Waals surface area contributed by atoms with E-state index in [0.717, 1.165) is 0 Å². The Hall–Kier alpha value is -3.04. The molecule has 1 heterocycles. The Kier molecular flexibility index (Phi) is 5.57. The standard InChI is InChI=1S/C19H20N4O4S/c1-3-23(12-18-21-17-7-5-4-6-16(17)19(25)22-18)28(26,27)15-10-8-14(9-11-15)20-13(2)24/h4-11H,3,12H2,1-2H3,(H,20,24)(H,21,22,25). The SMILES string of the molecule is CCN(Cc1nc2ccccc2c(=O)[nH]1)S(=O)(=O)c1ccc(NC(C)=O)cc1. The molecule has 0 radical (unpaired) electrons. The number of fused-ring (bicyclic) bond motifs is 1. The molecule has 2 aromatic carbocycles. The first-order valence-electron chi connectivity index (χ1n) is 8.67. The predicted octanol–water partition coefficient (Wildman–Crippen LogP) is 2.09. The number of anilines is 1. The highest BCUT2D eigenvalue weighted by Crippen LogP contribution is 2.20.